The van der Waals surface area contributed by atoms with Crippen LogP contribution in [0, 0.1) is 11.7 Å². The summed E-state index contributed by atoms with van der Waals surface area (Å²) in [6.07, 6.45) is 4.23. The SMILES string of the molecule is O=C(NCc1cccnc1)C1CC2CN(Cc3ccc(F)cc3)CC1O2. The molecule has 26 heavy (non-hydrogen) atoms. The summed E-state index contributed by atoms with van der Waals surface area (Å²) >= 11 is 0. The first-order valence-electron chi connectivity index (χ1n) is 8.96. The van der Waals surface area contributed by atoms with Gasteiger partial charge in [-0.05, 0) is 35.7 Å². The van der Waals surface area contributed by atoms with Crippen LogP contribution in [-0.4, -0.2) is 41.1 Å². The summed E-state index contributed by atoms with van der Waals surface area (Å²) in [4.78, 5) is 18.9. The van der Waals surface area contributed by atoms with Gasteiger partial charge in [0.05, 0.1) is 18.1 Å². The fraction of sp³-hybridized carbons (Fsp3) is 0.400. The predicted molar refractivity (Wildman–Crippen MR) is 94.5 cm³/mol. The van der Waals surface area contributed by atoms with Crippen molar-refractivity contribution in [2.45, 2.75) is 31.7 Å². The molecule has 3 atom stereocenters. The molecule has 0 saturated carbocycles. The van der Waals surface area contributed by atoms with E-state index in [2.05, 4.69) is 15.2 Å². The Bertz CT molecular complexity index is 753. The molecule has 2 aliphatic rings. The molecule has 2 fully saturated rings. The topological polar surface area (TPSA) is 54.5 Å². The molecular formula is C20H22FN3O2. The number of ether oxygens (including phenoxy) is 1. The maximum Gasteiger partial charge on any atom is 0.226 e. The van der Waals surface area contributed by atoms with Gasteiger partial charge in [0.15, 0.2) is 0 Å². The number of nitrogens with one attached hydrogen (secondary N) is 1. The van der Waals surface area contributed by atoms with Crippen LogP contribution in [-0.2, 0) is 22.6 Å². The number of nitrogens with zero attached hydrogens (tertiary/aromatic N) is 2. The highest BCUT2D eigenvalue weighted by molar-refractivity contribution is 5.79. The number of amides is 1. The molecule has 1 amide bonds. The van der Waals surface area contributed by atoms with Crippen molar-refractivity contribution in [1.82, 2.24) is 15.2 Å². The van der Waals surface area contributed by atoms with Crippen molar-refractivity contribution >= 4 is 5.91 Å². The molecule has 6 heteroatoms. The number of aromatic nitrogens is 1. The Morgan fingerprint density at radius 2 is 2.08 bits per heavy atom. The van der Waals surface area contributed by atoms with Crippen LogP contribution < -0.4 is 5.32 Å². The van der Waals surface area contributed by atoms with Gasteiger partial charge in [-0.3, -0.25) is 14.7 Å². The number of carbonyl (C=O) groups is 1. The van der Waals surface area contributed by atoms with Crippen molar-refractivity contribution < 1.29 is 13.9 Å². The summed E-state index contributed by atoms with van der Waals surface area (Å²) in [7, 11) is 0. The third-order valence-corrected chi connectivity index (χ3v) is 5.08. The van der Waals surface area contributed by atoms with Gasteiger partial charge >= 0.3 is 0 Å². The Labute approximate surface area is 152 Å². The van der Waals surface area contributed by atoms with Gasteiger partial charge in [-0.1, -0.05) is 18.2 Å². The highest BCUT2D eigenvalue weighted by Crippen LogP contribution is 2.32. The Kier molecular flexibility index (Phi) is 4.95. The fourth-order valence-corrected chi connectivity index (χ4v) is 3.81. The number of carbonyl (C=O) groups excluding carboxylic acids is 1. The van der Waals surface area contributed by atoms with Crippen LogP contribution in [0.5, 0.6) is 0 Å². The van der Waals surface area contributed by atoms with Crippen LogP contribution >= 0.6 is 0 Å². The van der Waals surface area contributed by atoms with Crippen molar-refractivity contribution in [2.24, 2.45) is 5.92 Å². The molecule has 3 heterocycles. The van der Waals surface area contributed by atoms with E-state index in [1.165, 1.54) is 12.1 Å². The quantitative estimate of drug-likeness (QED) is 0.893. The normalized spacial score (nSPS) is 25.2. The first-order valence-corrected chi connectivity index (χ1v) is 8.96. The molecule has 0 radical (unpaired) electrons. The zero-order valence-electron chi connectivity index (χ0n) is 14.5. The summed E-state index contributed by atoms with van der Waals surface area (Å²) < 4.78 is 19.0. The molecule has 5 nitrogen and oxygen atoms in total. The molecule has 2 aliphatic heterocycles. The predicted octanol–water partition coefficient (Wildman–Crippen LogP) is 2.13. The number of morpholine rings is 1. The van der Waals surface area contributed by atoms with Gasteiger partial charge in [0.1, 0.15) is 5.82 Å². The van der Waals surface area contributed by atoms with E-state index in [0.717, 1.165) is 37.2 Å². The maximum absolute atomic E-state index is 13.1. The average molecular weight is 355 g/mol. The lowest BCUT2D eigenvalue weighted by Gasteiger charge is -2.32. The van der Waals surface area contributed by atoms with E-state index >= 15 is 0 Å². The second-order valence-electron chi connectivity index (χ2n) is 7.04. The number of benzene rings is 1. The number of hydrogen-bond acceptors (Lipinski definition) is 4. The summed E-state index contributed by atoms with van der Waals surface area (Å²) in [5.74, 6) is -0.291. The standard InChI is InChI=1S/C20H22FN3O2/c21-16-5-3-14(4-6-16)11-24-12-17-8-18(19(13-24)26-17)20(25)23-10-15-2-1-7-22-9-15/h1-7,9,17-19H,8,10-13H2,(H,23,25). The van der Waals surface area contributed by atoms with Crippen molar-refractivity contribution in [3.05, 3.63) is 65.7 Å². The maximum atomic E-state index is 13.1. The zero-order chi connectivity index (χ0) is 17.9. The summed E-state index contributed by atoms with van der Waals surface area (Å²) in [6.45, 7) is 2.76. The highest BCUT2D eigenvalue weighted by atomic mass is 19.1. The molecule has 2 aromatic rings. The Morgan fingerprint density at radius 3 is 2.85 bits per heavy atom. The summed E-state index contributed by atoms with van der Waals surface area (Å²) in [5.41, 5.74) is 2.06. The van der Waals surface area contributed by atoms with Gasteiger partial charge in [0, 0.05) is 38.6 Å². The molecule has 0 spiro atoms. The molecule has 2 bridgehead atoms. The Balaban J connectivity index is 1.33. The molecule has 0 aliphatic carbocycles. The fourth-order valence-electron chi connectivity index (χ4n) is 3.81. The summed E-state index contributed by atoms with van der Waals surface area (Å²) in [5, 5.41) is 3.01. The minimum atomic E-state index is -0.221. The average Bonchev–Trinajstić information content (AvgIpc) is 2.97. The van der Waals surface area contributed by atoms with E-state index in [-0.39, 0.29) is 29.9 Å². The van der Waals surface area contributed by atoms with Crippen LogP contribution in [0.4, 0.5) is 4.39 Å². The number of likely N-dealkylation sites (tertiary alicyclic amines) is 1. The van der Waals surface area contributed by atoms with Crippen LogP contribution in [0.1, 0.15) is 17.5 Å². The van der Waals surface area contributed by atoms with E-state index in [1.54, 1.807) is 12.4 Å². The van der Waals surface area contributed by atoms with Gasteiger partial charge in [0.25, 0.3) is 0 Å². The second-order valence-corrected chi connectivity index (χ2v) is 7.04. The molecular weight excluding hydrogens is 333 g/mol. The zero-order valence-corrected chi connectivity index (χ0v) is 14.5. The minimum absolute atomic E-state index is 0.0463. The van der Waals surface area contributed by atoms with Crippen molar-refractivity contribution in [1.29, 1.82) is 0 Å². The molecule has 136 valence electrons. The first kappa shape index (κ1) is 17.1. The lowest BCUT2D eigenvalue weighted by Crippen LogP contribution is -2.44. The number of pyridine rings is 1. The lowest BCUT2D eigenvalue weighted by molar-refractivity contribution is -0.128. The Hall–Kier alpha value is -2.31. The number of hydrogen-bond donors (Lipinski definition) is 1. The van der Waals surface area contributed by atoms with Gasteiger partial charge in [-0.15, -0.1) is 0 Å². The van der Waals surface area contributed by atoms with Crippen LogP contribution in [0.2, 0.25) is 0 Å². The van der Waals surface area contributed by atoms with Gasteiger partial charge in [0.2, 0.25) is 5.91 Å². The van der Waals surface area contributed by atoms with Crippen molar-refractivity contribution in [2.75, 3.05) is 13.1 Å². The third kappa shape index (κ3) is 3.92. The molecule has 4 rings (SSSR count). The van der Waals surface area contributed by atoms with Crippen LogP contribution in [0.15, 0.2) is 48.8 Å². The molecule has 1 aromatic heterocycles. The van der Waals surface area contributed by atoms with E-state index in [0.29, 0.717) is 6.54 Å². The van der Waals surface area contributed by atoms with Crippen LogP contribution in [0.25, 0.3) is 0 Å². The first-order chi connectivity index (χ1) is 12.7. The Morgan fingerprint density at radius 1 is 1.23 bits per heavy atom. The lowest BCUT2D eigenvalue weighted by atomic mass is 9.99. The van der Waals surface area contributed by atoms with E-state index < -0.39 is 0 Å². The second kappa shape index (κ2) is 7.51. The van der Waals surface area contributed by atoms with E-state index in [9.17, 15) is 9.18 Å². The largest absolute Gasteiger partial charge is 0.371 e. The minimum Gasteiger partial charge on any atom is -0.371 e. The smallest absolute Gasteiger partial charge is 0.226 e. The molecule has 1 N–H and O–H groups in total. The van der Waals surface area contributed by atoms with E-state index in [4.69, 9.17) is 4.74 Å². The van der Waals surface area contributed by atoms with E-state index in [1.807, 2.05) is 24.3 Å². The van der Waals surface area contributed by atoms with Gasteiger partial charge in [-0.2, -0.15) is 0 Å². The highest BCUT2D eigenvalue weighted by Gasteiger charge is 2.44. The number of rotatable bonds is 5. The van der Waals surface area contributed by atoms with Crippen LogP contribution in [0.3, 0.4) is 0 Å². The number of halogens is 1. The third-order valence-electron chi connectivity index (χ3n) is 5.08. The van der Waals surface area contributed by atoms with Crippen molar-refractivity contribution in [3.63, 3.8) is 0 Å². The molecule has 2 saturated heterocycles. The monoisotopic (exact) mass is 355 g/mol. The number of fused-ring (bicyclic) bond motifs is 2. The molecule has 3 unspecified atom stereocenters. The van der Waals surface area contributed by atoms with Crippen molar-refractivity contribution in [3.8, 4) is 0 Å². The van der Waals surface area contributed by atoms with Gasteiger partial charge in [-0.25, -0.2) is 4.39 Å². The summed E-state index contributed by atoms with van der Waals surface area (Å²) in [6, 6.07) is 10.4. The van der Waals surface area contributed by atoms with Gasteiger partial charge < -0.3 is 10.1 Å². The molecule has 1 aromatic carbocycles.